The topological polar surface area (TPSA) is 106 Å². The van der Waals surface area contributed by atoms with Crippen LogP contribution < -0.4 is 5.32 Å². The Labute approximate surface area is 150 Å². The smallest absolute Gasteiger partial charge is 0.312 e. The van der Waals surface area contributed by atoms with Crippen molar-refractivity contribution in [3.8, 4) is 0 Å². The van der Waals surface area contributed by atoms with Gasteiger partial charge >= 0.3 is 5.69 Å². The van der Waals surface area contributed by atoms with Crippen LogP contribution in [0.3, 0.4) is 0 Å². The first-order valence-corrected chi connectivity index (χ1v) is 8.47. The van der Waals surface area contributed by atoms with Gasteiger partial charge in [-0.1, -0.05) is 18.2 Å². The van der Waals surface area contributed by atoms with Crippen molar-refractivity contribution >= 4 is 22.5 Å². The Bertz CT molecular complexity index is 957. The molecule has 3 rings (SSSR count). The fourth-order valence-corrected chi connectivity index (χ4v) is 3.15. The van der Waals surface area contributed by atoms with E-state index in [4.69, 9.17) is 0 Å². The molecule has 1 amide bonds. The molecule has 0 spiro atoms. The molecular formula is C18H21N5O3. The molecule has 0 aliphatic carbocycles. The largest absolute Gasteiger partial charge is 0.361 e. The van der Waals surface area contributed by atoms with Gasteiger partial charge in [0, 0.05) is 30.1 Å². The van der Waals surface area contributed by atoms with E-state index in [1.54, 1.807) is 18.5 Å². The summed E-state index contributed by atoms with van der Waals surface area (Å²) < 4.78 is 1.56. The number of rotatable bonds is 7. The average Bonchev–Trinajstić information content (AvgIpc) is 3.14. The van der Waals surface area contributed by atoms with E-state index in [2.05, 4.69) is 15.4 Å². The first kappa shape index (κ1) is 17.7. The molecule has 0 atom stereocenters. The molecule has 0 aliphatic rings. The van der Waals surface area contributed by atoms with E-state index >= 15 is 0 Å². The standard InChI is InChI=1S/C18H21N5O3/c1-12-18(23(25)26)13(2)22(21-12)10-9-19-17(24)8-7-14-11-20-16-6-4-3-5-15(14)16/h3-6,11,20H,7-10H2,1-2H3,(H,19,24). The number of hydrogen-bond donors (Lipinski definition) is 2. The zero-order valence-corrected chi connectivity index (χ0v) is 14.8. The molecule has 2 N–H and O–H groups in total. The molecule has 0 bridgehead atoms. The molecule has 136 valence electrons. The van der Waals surface area contributed by atoms with Crippen LogP contribution in [0, 0.1) is 24.0 Å². The van der Waals surface area contributed by atoms with Crippen molar-refractivity contribution in [2.75, 3.05) is 6.54 Å². The van der Waals surface area contributed by atoms with Crippen molar-refractivity contribution in [2.45, 2.75) is 33.2 Å². The van der Waals surface area contributed by atoms with Crippen LogP contribution in [0.25, 0.3) is 10.9 Å². The zero-order valence-electron chi connectivity index (χ0n) is 14.8. The highest BCUT2D eigenvalue weighted by molar-refractivity contribution is 5.84. The quantitative estimate of drug-likeness (QED) is 0.502. The molecular weight excluding hydrogens is 334 g/mol. The Morgan fingerprint density at radius 2 is 2.12 bits per heavy atom. The summed E-state index contributed by atoms with van der Waals surface area (Å²) in [5, 5.41) is 19.2. The molecule has 3 aromatic rings. The molecule has 8 heteroatoms. The number of aromatic nitrogens is 3. The van der Waals surface area contributed by atoms with E-state index in [-0.39, 0.29) is 11.6 Å². The van der Waals surface area contributed by atoms with Gasteiger partial charge in [-0.05, 0) is 31.9 Å². The highest BCUT2D eigenvalue weighted by Crippen LogP contribution is 2.21. The summed E-state index contributed by atoms with van der Waals surface area (Å²) in [6.07, 6.45) is 2.98. The lowest BCUT2D eigenvalue weighted by atomic mass is 10.1. The number of amides is 1. The maximum Gasteiger partial charge on any atom is 0.312 e. The van der Waals surface area contributed by atoms with Crippen molar-refractivity contribution < 1.29 is 9.72 Å². The maximum atomic E-state index is 12.1. The van der Waals surface area contributed by atoms with E-state index < -0.39 is 4.92 Å². The summed E-state index contributed by atoms with van der Waals surface area (Å²) in [7, 11) is 0. The van der Waals surface area contributed by atoms with E-state index in [0.29, 0.717) is 37.3 Å². The van der Waals surface area contributed by atoms with Crippen molar-refractivity contribution in [2.24, 2.45) is 0 Å². The number of aryl methyl sites for hydroxylation is 2. The van der Waals surface area contributed by atoms with Crippen LogP contribution in [-0.2, 0) is 17.8 Å². The lowest BCUT2D eigenvalue weighted by Gasteiger charge is -2.06. The van der Waals surface area contributed by atoms with E-state index in [9.17, 15) is 14.9 Å². The normalized spacial score (nSPS) is 11.0. The molecule has 2 heterocycles. The first-order valence-electron chi connectivity index (χ1n) is 8.47. The van der Waals surface area contributed by atoms with Crippen molar-refractivity contribution in [3.05, 3.63) is 57.5 Å². The van der Waals surface area contributed by atoms with Gasteiger partial charge in [0.05, 0.1) is 11.5 Å². The van der Waals surface area contributed by atoms with Gasteiger partial charge in [0.1, 0.15) is 11.4 Å². The van der Waals surface area contributed by atoms with E-state index in [1.165, 1.54) is 0 Å². The third-order valence-electron chi connectivity index (χ3n) is 4.47. The highest BCUT2D eigenvalue weighted by atomic mass is 16.6. The number of para-hydroxylation sites is 1. The van der Waals surface area contributed by atoms with Gasteiger partial charge in [-0.25, -0.2) is 0 Å². The second-order valence-corrected chi connectivity index (χ2v) is 6.21. The monoisotopic (exact) mass is 355 g/mol. The Balaban J connectivity index is 1.50. The fraction of sp³-hybridized carbons (Fsp3) is 0.333. The van der Waals surface area contributed by atoms with Crippen LogP contribution in [0.15, 0.2) is 30.5 Å². The van der Waals surface area contributed by atoms with E-state index in [1.807, 2.05) is 30.5 Å². The van der Waals surface area contributed by atoms with Crippen molar-refractivity contribution in [1.82, 2.24) is 20.1 Å². The van der Waals surface area contributed by atoms with Gasteiger partial charge in [-0.2, -0.15) is 5.10 Å². The zero-order chi connectivity index (χ0) is 18.7. The number of fused-ring (bicyclic) bond motifs is 1. The number of nitro groups is 1. The van der Waals surface area contributed by atoms with Crippen LogP contribution in [0.1, 0.15) is 23.4 Å². The van der Waals surface area contributed by atoms with Crippen molar-refractivity contribution in [1.29, 1.82) is 0 Å². The number of H-pyrrole nitrogens is 1. The minimum Gasteiger partial charge on any atom is -0.361 e. The minimum absolute atomic E-state index is 0.0377. The Kier molecular flexibility index (Phi) is 5.01. The van der Waals surface area contributed by atoms with Gasteiger partial charge in [-0.15, -0.1) is 0 Å². The van der Waals surface area contributed by atoms with E-state index in [0.717, 1.165) is 16.5 Å². The van der Waals surface area contributed by atoms with Gasteiger partial charge in [0.2, 0.25) is 5.91 Å². The van der Waals surface area contributed by atoms with Crippen molar-refractivity contribution in [3.63, 3.8) is 0 Å². The molecule has 0 aliphatic heterocycles. The molecule has 0 fully saturated rings. The number of carbonyl (C=O) groups is 1. The Hall–Kier alpha value is -3.16. The number of benzene rings is 1. The molecule has 0 unspecified atom stereocenters. The number of nitrogens with zero attached hydrogens (tertiary/aromatic N) is 3. The molecule has 0 saturated carbocycles. The van der Waals surface area contributed by atoms with Gasteiger partial charge in [0.15, 0.2) is 0 Å². The van der Waals surface area contributed by atoms with Gasteiger partial charge in [-0.3, -0.25) is 19.6 Å². The second-order valence-electron chi connectivity index (χ2n) is 6.21. The molecule has 0 saturated heterocycles. The van der Waals surface area contributed by atoms with Crippen LogP contribution in [0.4, 0.5) is 5.69 Å². The van der Waals surface area contributed by atoms with Crippen LogP contribution in [-0.4, -0.2) is 32.1 Å². The molecule has 26 heavy (non-hydrogen) atoms. The Morgan fingerprint density at radius 3 is 2.85 bits per heavy atom. The number of aromatic amines is 1. The second kappa shape index (κ2) is 7.38. The SMILES string of the molecule is Cc1nn(CCNC(=O)CCc2c[nH]c3ccccc23)c(C)c1[N+](=O)[O-]. The average molecular weight is 355 g/mol. The number of hydrogen-bond acceptors (Lipinski definition) is 4. The Morgan fingerprint density at radius 1 is 1.35 bits per heavy atom. The predicted molar refractivity (Wildman–Crippen MR) is 98.0 cm³/mol. The minimum atomic E-state index is -0.423. The maximum absolute atomic E-state index is 12.1. The molecule has 2 aromatic heterocycles. The van der Waals surface area contributed by atoms with Gasteiger partial charge in [0.25, 0.3) is 0 Å². The number of nitrogens with one attached hydrogen (secondary N) is 2. The van der Waals surface area contributed by atoms with Crippen LogP contribution in [0.2, 0.25) is 0 Å². The van der Waals surface area contributed by atoms with Crippen LogP contribution >= 0.6 is 0 Å². The lowest BCUT2D eigenvalue weighted by molar-refractivity contribution is -0.386. The predicted octanol–water partition coefficient (Wildman–Crippen LogP) is 2.64. The first-order chi connectivity index (χ1) is 12.5. The molecule has 1 aromatic carbocycles. The molecule has 8 nitrogen and oxygen atoms in total. The fourth-order valence-electron chi connectivity index (χ4n) is 3.15. The summed E-state index contributed by atoms with van der Waals surface area (Å²) in [6, 6.07) is 7.99. The lowest BCUT2D eigenvalue weighted by Crippen LogP contribution is -2.28. The highest BCUT2D eigenvalue weighted by Gasteiger charge is 2.21. The molecule has 0 radical (unpaired) electrons. The number of carbonyl (C=O) groups excluding carboxylic acids is 1. The summed E-state index contributed by atoms with van der Waals surface area (Å²) in [6.45, 7) is 4.06. The van der Waals surface area contributed by atoms with Crippen LogP contribution in [0.5, 0.6) is 0 Å². The third kappa shape index (κ3) is 3.58. The summed E-state index contributed by atoms with van der Waals surface area (Å²) in [4.78, 5) is 25.9. The summed E-state index contributed by atoms with van der Waals surface area (Å²) in [5.74, 6) is -0.0497. The summed E-state index contributed by atoms with van der Waals surface area (Å²) >= 11 is 0. The third-order valence-corrected chi connectivity index (χ3v) is 4.47. The summed E-state index contributed by atoms with van der Waals surface area (Å²) in [5.41, 5.74) is 3.10. The van der Waals surface area contributed by atoms with Gasteiger partial charge < -0.3 is 10.3 Å².